The van der Waals surface area contributed by atoms with Gasteiger partial charge in [-0.2, -0.15) is 0 Å². The summed E-state index contributed by atoms with van der Waals surface area (Å²) < 4.78 is 11.1. The molecule has 0 bridgehead atoms. The van der Waals surface area contributed by atoms with Crippen molar-refractivity contribution >= 4 is 17.4 Å². The topological polar surface area (TPSA) is 62.9 Å². The first-order valence-electron chi connectivity index (χ1n) is 9.41. The number of carbonyl (C=O) groups excluding carboxylic acids is 1. The predicted molar refractivity (Wildman–Crippen MR) is 112 cm³/mol. The standard InChI is InChI=1S/C23H24ClNO4/c1-17(26)18-8-10-21(11-9-18)29-16-20(27)14-25(15-22-6-4-12-28-22)13-19-5-2-3-7-23(19)24/h2-12,20,27H,13-16H2,1H3. The smallest absolute Gasteiger partial charge is 0.159 e. The van der Waals surface area contributed by atoms with Gasteiger partial charge >= 0.3 is 0 Å². The molecule has 1 unspecified atom stereocenters. The van der Waals surface area contributed by atoms with Crippen LogP contribution >= 0.6 is 11.6 Å². The number of hydrogen-bond donors (Lipinski definition) is 1. The van der Waals surface area contributed by atoms with Crippen LogP contribution in [0.4, 0.5) is 0 Å². The molecule has 0 saturated carbocycles. The van der Waals surface area contributed by atoms with Crippen LogP contribution in [-0.2, 0) is 13.1 Å². The van der Waals surface area contributed by atoms with E-state index >= 15 is 0 Å². The van der Waals surface area contributed by atoms with Gasteiger partial charge in [0, 0.05) is 23.7 Å². The summed E-state index contributed by atoms with van der Waals surface area (Å²) in [5, 5.41) is 11.2. The van der Waals surface area contributed by atoms with E-state index in [1.54, 1.807) is 30.5 Å². The van der Waals surface area contributed by atoms with Crippen molar-refractivity contribution in [2.75, 3.05) is 13.2 Å². The predicted octanol–water partition coefficient (Wildman–Crippen LogP) is 4.58. The molecule has 1 heterocycles. The third kappa shape index (κ3) is 6.46. The van der Waals surface area contributed by atoms with E-state index in [1.165, 1.54) is 6.92 Å². The largest absolute Gasteiger partial charge is 0.491 e. The normalized spacial score (nSPS) is 12.1. The lowest BCUT2D eigenvalue weighted by atomic mass is 10.1. The van der Waals surface area contributed by atoms with Gasteiger partial charge in [0.15, 0.2) is 5.78 Å². The third-order valence-electron chi connectivity index (χ3n) is 4.48. The molecule has 29 heavy (non-hydrogen) atoms. The summed E-state index contributed by atoms with van der Waals surface area (Å²) in [5.74, 6) is 1.42. The molecular weight excluding hydrogens is 390 g/mol. The number of ketones is 1. The summed E-state index contributed by atoms with van der Waals surface area (Å²) in [7, 11) is 0. The van der Waals surface area contributed by atoms with E-state index < -0.39 is 6.10 Å². The molecule has 0 radical (unpaired) electrons. The van der Waals surface area contributed by atoms with Crippen LogP contribution in [0.25, 0.3) is 0 Å². The maximum absolute atomic E-state index is 11.3. The number of aliphatic hydroxyl groups is 1. The molecule has 5 nitrogen and oxygen atoms in total. The Bertz CT molecular complexity index is 909. The minimum atomic E-state index is -0.708. The Hall–Kier alpha value is -2.60. The lowest BCUT2D eigenvalue weighted by molar-refractivity contribution is 0.0604. The van der Waals surface area contributed by atoms with Gasteiger partial charge in [-0.15, -0.1) is 0 Å². The van der Waals surface area contributed by atoms with Crippen LogP contribution in [0.3, 0.4) is 0 Å². The fraction of sp³-hybridized carbons (Fsp3) is 0.261. The number of Topliss-reactive ketones (excluding diaryl/α,β-unsaturated/α-hetero) is 1. The summed E-state index contributed by atoms with van der Waals surface area (Å²) in [6.45, 7) is 3.16. The maximum Gasteiger partial charge on any atom is 0.159 e. The van der Waals surface area contributed by atoms with Gasteiger partial charge < -0.3 is 14.3 Å². The third-order valence-corrected chi connectivity index (χ3v) is 4.85. The molecule has 0 fully saturated rings. The van der Waals surface area contributed by atoms with E-state index in [9.17, 15) is 9.90 Å². The first kappa shape index (κ1) is 21.1. The summed E-state index contributed by atoms with van der Waals surface area (Å²) in [5.41, 5.74) is 1.61. The molecule has 3 rings (SSSR count). The molecule has 1 aromatic heterocycles. The lowest BCUT2D eigenvalue weighted by Gasteiger charge is -2.25. The first-order valence-corrected chi connectivity index (χ1v) is 9.79. The highest BCUT2D eigenvalue weighted by molar-refractivity contribution is 6.31. The summed E-state index contributed by atoms with van der Waals surface area (Å²) in [4.78, 5) is 13.4. The zero-order chi connectivity index (χ0) is 20.6. The van der Waals surface area contributed by atoms with Gasteiger partial charge in [-0.25, -0.2) is 0 Å². The van der Waals surface area contributed by atoms with Crippen molar-refractivity contribution in [3.8, 4) is 5.75 Å². The molecule has 2 aromatic carbocycles. The zero-order valence-electron chi connectivity index (χ0n) is 16.3. The van der Waals surface area contributed by atoms with Crippen LogP contribution in [0, 0.1) is 0 Å². The summed E-state index contributed by atoms with van der Waals surface area (Å²) in [6.07, 6.45) is 0.924. The molecule has 0 aliphatic carbocycles. The van der Waals surface area contributed by atoms with Crippen molar-refractivity contribution in [3.05, 3.63) is 88.8 Å². The number of aliphatic hydroxyl groups excluding tert-OH is 1. The summed E-state index contributed by atoms with van der Waals surface area (Å²) in [6, 6.07) is 18.3. The Labute approximate surface area is 175 Å². The van der Waals surface area contributed by atoms with E-state index in [1.807, 2.05) is 36.4 Å². The Morgan fingerprint density at radius 3 is 2.52 bits per heavy atom. The molecule has 0 spiro atoms. The molecular formula is C23H24ClNO4. The SMILES string of the molecule is CC(=O)c1ccc(OCC(O)CN(Cc2ccco2)Cc2ccccc2Cl)cc1. The monoisotopic (exact) mass is 413 g/mol. The van der Waals surface area contributed by atoms with Gasteiger partial charge in [-0.1, -0.05) is 29.8 Å². The Morgan fingerprint density at radius 2 is 1.86 bits per heavy atom. The molecule has 0 aliphatic rings. The molecule has 0 saturated heterocycles. The number of ether oxygens (including phenoxy) is 1. The number of benzene rings is 2. The van der Waals surface area contributed by atoms with Crippen molar-refractivity contribution < 1.29 is 19.1 Å². The van der Waals surface area contributed by atoms with E-state index in [2.05, 4.69) is 4.90 Å². The van der Waals surface area contributed by atoms with Gasteiger partial charge in [-0.3, -0.25) is 9.69 Å². The van der Waals surface area contributed by atoms with E-state index in [4.69, 9.17) is 20.8 Å². The van der Waals surface area contributed by atoms with Crippen molar-refractivity contribution in [1.29, 1.82) is 0 Å². The highest BCUT2D eigenvalue weighted by Gasteiger charge is 2.16. The van der Waals surface area contributed by atoms with Crippen molar-refractivity contribution in [1.82, 2.24) is 4.90 Å². The van der Waals surface area contributed by atoms with Crippen LogP contribution in [0.1, 0.15) is 28.6 Å². The average molecular weight is 414 g/mol. The average Bonchev–Trinajstić information content (AvgIpc) is 3.21. The lowest BCUT2D eigenvalue weighted by Crippen LogP contribution is -2.35. The molecule has 1 N–H and O–H groups in total. The molecule has 0 amide bonds. The molecule has 3 aromatic rings. The minimum absolute atomic E-state index is 0.00438. The first-order chi connectivity index (χ1) is 14.0. The number of halogens is 1. The second-order valence-corrected chi connectivity index (χ2v) is 7.29. The number of furan rings is 1. The van der Waals surface area contributed by atoms with Crippen LogP contribution in [0.5, 0.6) is 5.75 Å². The minimum Gasteiger partial charge on any atom is -0.491 e. The van der Waals surface area contributed by atoms with Crippen LogP contribution in [-0.4, -0.2) is 35.0 Å². The second kappa shape index (κ2) is 10.3. The molecule has 0 aliphatic heterocycles. The number of hydrogen-bond acceptors (Lipinski definition) is 5. The van der Waals surface area contributed by atoms with Gasteiger partial charge in [-0.05, 0) is 55.0 Å². The highest BCUT2D eigenvalue weighted by Crippen LogP contribution is 2.19. The fourth-order valence-corrected chi connectivity index (χ4v) is 3.20. The highest BCUT2D eigenvalue weighted by atomic mass is 35.5. The van der Waals surface area contributed by atoms with Crippen molar-refractivity contribution in [2.45, 2.75) is 26.1 Å². The number of carbonyl (C=O) groups is 1. The maximum atomic E-state index is 11.3. The summed E-state index contributed by atoms with van der Waals surface area (Å²) >= 11 is 6.30. The number of nitrogens with zero attached hydrogens (tertiary/aromatic N) is 1. The van der Waals surface area contributed by atoms with Gasteiger partial charge in [0.2, 0.25) is 0 Å². The quantitative estimate of drug-likeness (QED) is 0.493. The van der Waals surface area contributed by atoms with Gasteiger partial charge in [0.05, 0.1) is 12.8 Å². The van der Waals surface area contributed by atoms with E-state index in [-0.39, 0.29) is 12.4 Å². The van der Waals surface area contributed by atoms with Gasteiger partial charge in [0.25, 0.3) is 0 Å². The molecule has 1 atom stereocenters. The Kier molecular flexibility index (Phi) is 7.47. The van der Waals surface area contributed by atoms with Gasteiger partial charge in [0.1, 0.15) is 24.2 Å². The van der Waals surface area contributed by atoms with Crippen LogP contribution in [0.15, 0.2) is 71.3 Å². The Balaban J connectivity index is 1.60. The second-order valence-electron chi connectivity index (χ2n) is 6.89. The van der Waals surface area contributed by atoms with Crippen molar-refractivity contribution in [3.63, 3.8) is 0 Å². The molecule has 6 heteroatoms. The number of rotatable bonds is 10. The van der Waals surface area contributed by atoms with E-state index in [0.717, 1.165) is 11.3 Å². The van der Waals surface area contributed by atoms with Crippen LogP contribution < -0.4 is 4.74 Å². The zero-order valence-corrected chi connectivity index (χ0v) is 17.0. The molecule has 152 valence electrons. The van der Waals surface area contributed by atoms with E-state index in [0.29, 0.717) is 36.0 Å². The fourth-order valence-electron chi connectivity index (χ4n) is 3.00. The van der Waals surface area contributed by atoms with Crippen molar-refractivity contribution in [2.24, 2.45) is 0 Å². The van der Waals surface area contributed by atoms with Crippen LogP contribution in [0.2, 0.25) is 5.02 Å². The Morgan fingerprint density at radius 1 is 1.10 bits per heavy atom.